The third-order valence-corrected chi connectivity index (χ3v) is 5.82. The molecule has 2 N–H and O–H groups in total. The van der Waals surface area contributed by atoms with E-state index in [1.165, 1.54) is 0 Å². The summed E-state index contributed by atoms with van der Waals surface area (Å²) in [5, 5.41) is 0. The molecule has 1 saturated heterocycles. The van der Waals surface area contributed by atoms with Crippen LogP contribution in [0.2, 0.25) is 0 Å². The van der Waals surface area contributed by atoms with Crippen LogP contribution in [0.25, 0.3) is 0 Å². The minimum atomic E-state index is -3.12. The number of sulfone groups is 1. The Hall–Kier alpha value is -1.54. The Kier molecular flexibility index (Phi) is 5.47. The Labute approximate surface area is 133 Å². The Bertz CT molecular complexity index is 656. The Morgan fingerprint density at radius 3 is 2.45 bits per heavy atom. The molecular formula is C14H18N2O4S2. The van der Waals surface area contributed by atoms with Gasteiger partial charge in [0, 0.05) is 11.3 Å². The van der Waals surface area contributed by atoms with Crippen LogP contribution in [0.15, 0.2) is 24.3 Å². The highest BCUT2D eigenvalue weighted by atomic mass is 32.2. The summed E-state index contributed by atoms with van der Waals surface area (Å²) in [6.07, 6.45) is 2.30. The van der Waals surface area contributed by atoms with Crippen LogP contribution in [0, 0.1) is 5.92 Å². The lowest BCUT2D eigenvalue weighted by molar-refractivity contribution is -0.125. The summed E-state index contributed by atoms with van der Waals surface area (Å²) in [5.74, 6) is -0.740. The number of hydrogen-bond acceptors (Lipinski definition) is 5. The first-order valence-electron chi connectivity index (χ1n) is 6.80. The lowest BCUT2D eigenvalue weighted by Gasteiger charge is -2.11. The van der Waals surface area contributed by atoms with Crippen molar-refractivity contribution in [3.63, 3.8) is 0 Å². The first-order valence-corrected chi connectivity index (χ1v) is 10.0. The van der Waals surface area contributed by atoms with E-state index in [-0.39, 0.29) is 11.5 Å². The summed E-state index contributed by atoms with van der Waals surface area (Å²) in [6.45, 7) is 0. The third-order valence-electron chi connectivity index (χ3n) is 3.43. The molecule has 0 bridgehead atoms. The molecule has 6 nitrogen and oxygen atoms in total. The molecular weight excluding hydrogens is 324 g/mol. The van der Waals surface area contributed by atoms with Crippen molar-refractivity contribution in [1.82, 2.24) is 10.9 Å². The lowest BCUT2D eigenvalue weighted by atomic mass is 10.1. The van der Waals surface area contributed by atoms with Gasteiger partial charge in [0.1, 0.15) is 0 Å². The smallest absolute Gasteiger partial charge is 0.269 e. The molecule has 1 heterocycles. The van der Waals surface area contributed by atoms with Gasteiger partial charge >= 0.3 is 0 Å². The number of amides is 2. The van der Waals surface area contributed by atoms with E-state index in [0.29, 0.717) is 12.0 Å². The predicted octanol–water partition coefficient (Wildman–Crippen LogP) is 0.745. The van der Waals surface area contributed by atoms with Gasteiger partial charge in [0.05, 0.1) is 17.4 Å². The molecule has 1 aliphatic rings. The zero-order valence-corrected chi connectivity index (χ0v) is 13.8. The molecule has 1 aliphatic heterocycles. The molecule has 0 saturated carbocycles. The molecule has 2 rings (SSSR count). The fourth-order valence-electron chi connectivity index (χ4n) is 2.21. The van der Waals surface area contributed by atoms with Crippen LogP contribution in [-0.4, -0.2) is 38.0 Å². The summed E-state index contributed by atoms with van der Waals surface area (Å²) in [5.41, 5.74) is 6.16. The quantitative estimate of drug-likeness (QED) is 0.788. The number of thioether (sulfide) groups is 1. The summed E-state index contributed by atoms with van der Waals surface area (Å²) in [7, 11) is -3.12. The van der Waals surface area contributed by atoms with Gasteiger partial charge < -0.3 is 0 Å². The van der Waals surface area contributed by atoms with Gasteiger partial charge in [-0.3, -0.25) is 20.4 Å². The Morgan fingerprint density at radius 1 is 1.23 bits per heavy atom. The van der Waals surface area contributed by atoms with Gasteiger partial charge in [0.15, 0.2) is 9.84 Å². The molecule has 1 aromatic rings. The zero-order valence-electron chi connectivity index (χ0n) is 12.2. The van der Waals surface area contributed by atoms with Crippen molar-refractivity contribution >= 4 is 33.4 Å². The summed E-state index contributed by atoms with van der Waals surface area (Å²) < 4.78 is 22.6. The van der Waals surface area contributed by atoms with E-state index in [1.54, 1.807) is 23.9 Å². The van der Waals surface area contributed by atoms with Gasteiger partial charge in [-0.1, -0.05) is 12.1 Å². The van der Waals surface area contributed by atoms with Crippen molar-refractivity contribution in [2.75, 3.05) is 17.8 Å². The van der Waals surface area contributed by atoms with Gasteiger partial charge in [0.25, 0.3) is 5.91 Å². The summed E-state index contributed by atoms with van der Waals surface area (Å²) in [6, 6.07) is 7.09. The maximum Gasteiger partial charge on any atom is 0.269 e. The normalized spacial score (nSPS) is 19.6. The van der Waals surface area contributed by atoms with Gasteiger partial charge in [-0.05, 0) is 30.4 Å². The molecule has 1 atom stereocenters. The van der Waals surface area contributed by atoms with Crippen LogP contribution < -0.4 is 10.9 Å². The van der Waals surface area contributed by atoms with Crippen molar-refractivity contribution in [3.8, 4) is 0 Å². The van der Waals surface area contributed by atoms with Crippen LogP contribution in [-0.2, 0) is 20.4 Å². The topological polar surface area (TPSA) is 92.3 Å². The van der Waals surface area contributed by atoms with Crippen molar-refractivity contribution in [3.05, 3.63) is 35.4 Å². The van der Waals surface area contributed by atoms with Crippen LogP contribution in [0.5, 0.6) is 0 Å². The lowest BCUT2D eigenvalue weighted by Crippen LogP contribution is -2.44. The number of carbonyl (C=O) groups is 2. The van der Waals surface area contributed by atoms with E-state index in [4.69, 9.17) is 0 Å². The monoisotopic (exact) mass is 342 g/mol. The minimum Gasteiger partial charge on any atom is -0.273 e. The maximum atomic E-state index is 11.9. The van der Waals surface area contributed by atoms with E-state index in [0.717, 1.165) is 11.3 Å². The summed E-state index contributed by atoms with van der Waals surface area (Å²) >= 11 is 1.69. The molecule has 22 heavy (non-hydrogen) atoms. The van der Waals surface area contributed by atoms with Gasteiger partial charge in [-0.25, -0.2) is 8.42 Å². The number of nitrogens with one attached hydrogen (secondary N) is 2. The van der Waals surface area contributed by atoms with E-state index in [2.05, 4.69) is 10.9 Å². The standard InChI is InChI=1S/C14H18N2O4S2/c1-21-8-10-2-4-11(5-3-10)13(17)15-16-14(18)12-6-7-22(19,20)9-12/h2-5,12H,6-9H2,1H3,(H,15,17)(H,16,18)/t12-/m0/s1. The summed E-state index contributed by atoms with van der Waals surface area (Å²) in [4.78, 5) is 23.7. The first-order chi connectivity index (χ1) is 10.4. The number of hydrazine groups is 1. The van der Waals surface area contributed by atoms with Crippen LogP contribution in [0.3, 0.4) is 0 Å². The third kappa shape index (κ3) is 4.48. The average Bonchev–Trinajstić information content (AvgIpc) is 2.86. The highest BCUT2D eigenvalue weighted by molar-refractivity contribution is 7.97. The maximum absolute atomic E-state index is 11.9. The second-order valence-corrected chi connectivity index (χ2v) is 8.27. The number of benzene rings is 1. The molecule has 8 heteroatoms. The SMILES string of the molecule is CSCc1ccc(C(=O)NNC(=O)[C@H]2CCS(=O)(=O)C2)cc1. The number of carbonyl (C=O) groups excluding carboxylic acids is 2. The molecule has 0 aliphatic carbocycles. The molecule has 0 unspecified atom stereocenters. The van der Waals surface area contributed by atoms with Crippen LogP contribution in [0.1, 0.15) is 22.3 Å². The molecule has 0 spiro atoms. The van der Waals surface area contributed by atoms with Gasteiger partial charge in [-0.15, -0.1) is 0 Å². The average molecular weight is 342 g/mol. The largest absolute Gasteiger partial charge is 0.273 e. The zero-order chi connectivity index (χ0) is 16.2. The van der Waals surface area contributed by atoms with Crippen molar-refractivity contribution in [2.45, 2.75) is 12.2 Å². The van der Waals surface area contributed by atoms with Crippen molar-refractivity contribution in [2.24, 2.45) is 5.92 Å². The van der Waals surface area contributed by atoms with Crippen molar-refractivity contribution < 1.29 is 18.0 Å². The number of hydrogen-bond donors (Lipinski definition) is 2. The molecule has 1 aromatic carbocycles. The van der Waals surface area contributed by atoms with E-state index < -0.39 is 27.6 Å². The fraction of sp³-hybridized carbons (Fsp3) is 0.429. The number of rotatable bonds is 4. The highest BCUT2D eigenvalue weighted by Gasteiger charge is 2.33. The second kappa shape index (κ2) is 7.15. The molecule has 0 radical (unpaired) electrons. The highest BCUT2D eigenvalue weighted by Crippen LogP contribution is 2.18. The van der Waals surface area contributed by atoms with Gasteiger partial charge in [-0.2, -0.15) is 11.8 Å². The van der Waals surface area contributed by atoms with E-state index >= 15 is 0 Å². The fourth-order valence-corrected chi connectivity index (χ4v) is 4.48. The van der Waals surface area contributed by atoms with E-state index in [1.807, 2.05) is 18.4 Å². The van der Waals surface area contributed by atoms with Gasteiger partial charge in [0.2, 0.25) is 5.91 Å². The predicted molar refractivity (Wildman–Crippen MR) is 86.0 cm³/mol. The second-order valence-electron chi connectivity index (χ2n) is 5.17. The van der Waals surface area contributed by atoms with Crippen molar-refractivity contribution in [1.29, 1.82) is 0 Å². The van der Waals surface area contributed by atoms with Crippen LogP contribution in [0.4, 0.5) is 0 Å². The molecule has 120 valence electrons. The van der Waals surface area contributed by atoms with E-state index in [9.17, 15) is 18.0 Å². The Balaban J connectivity index is 1.86. The van der Waals surface area contributed by atoms with Crippen LogP contribution >= 0.6 is 11.8 Å². The Morgan fingerprint density at radius 2 is 1.91 bits per heavy atom. The molecule has 1 fully saturated rings. The first kappa shape index (κ1) is 16.8. The minimum absolute atomic E-state index is 0.0237. The molecule has 2 amide bonds. The molecule has 0 aromatic heterocycles.